The Labute approximate surface area is 111 Å². The number of carbonyl (C=O) groups excluding carboxylic acids is 1. The molecule has 1 atom stereocenters. The average molecular weight is 270 g/mol. The van der Waals surface area contributed by atoms with Crippen molar-refractivity contribution in [2.75, 3.05) is 13.6 Å². The molecule has 1 aromatic carbocycles. The lowest BCUT2D eigenvalue weighted by molar-refractivity contribution is 0.0786. The number of hydrogen-bond donors (Lipinski definition) is 2. The molecule has 0 fully saturated rings. The number of halogens is 1. The molecule has 1 unspecified atom stereocenters. The van der Waals surface area contributed by atoms with Gasteiger partial charge in [-0.2, -0.15) is 0 Å². The van der Waals surface area contributed by atoms with Gasteiger partial charge in [-0.3, -0.25) is 4.79 Å². The molecule has 1 aromatic rings. The number of amidine groups is 1. The number of amides is 1. The Balaban J connectivity index is 2.77. The predicted octanol–water partition coefficient (Wildman–Crippen LogP) is 1.79. The highest BCUT2D eigenvalue weighted by Crippen LogP contribution is 2.17. The molecule has 0 bridgehead atoms. The summed E-state index contributed by atoms with van der Waals surface area (Å²) in [6, 6.07) is 6.84. The number of hydrogen-bond acceptors (Lipinski definition) is 3. The van der Waals surface area contributed by atoms with E-state index in [9.17, 15) is 4.79 Å². The molecular weight excluding hydrogens is 254 g/mol. The highest BCUT2D eigenvalue weighted by molar-refractivity contribution is 6.33. The van der Waals surface area contributed by atoms with Crippen LogP contribution < -0.4 is 5.73 Å². The van der Waals surface area contributed by atoms with Crippen LogP contribution in [0.2, 0.25) is 5.02 Å². The highest BCUT2D eigenvalue weighted by atomic mass is 35.5. The first-order chi connectivity index (χ1) is 8.47. The summed E-state index contributed by atoms with van der Waals surface area (Å²) in [4.78, 5) is 13.6. The number of benzene rings is 1. The fourth-order valence-corrected chi connectivity index (χ4v) is 1.74. The van der Waals surface area contributed by atoms with E-state index < -0.39 is 0 Å². The Morgan fingerprint density at radius 2 is 2.17 bits per heavy atom. The third kappa shape index (κ3) is 3.37. The van der Waals surface area contributed by atoms with E-state index in [0.29, 0.717) is 17.1 Å². The summed E-state index contributed by atoms with van der Waals surface area (Å²) in [7, 11) is 1.65. The Hall–Kier alpha value is -1.75. The van der Waals surface area contributed by atoms with Gasteiger partial charge in [0, 0.05) is 19.5 Å². The maximum Gasteiger partial charge on any atom is 0.255 e. The van der Waals surface area contributed by atoms with E-state index in [-0.39, 0.29) is 17.7 Å². The van der Waals surface area contributed by atoms with Crippen LogP contribution in [0.1, 0.15) is 17.3 Å². The van der Waals surface area contributed by atoms with Gasteiger partial charge in [0.2, 0.25) is 0 Å². The normalized spacial score (nSPS) is 13.2. The third-order valence-corrected chi connectivity index (χ3v) is 2.95. The molecule has 0 saturated heterocycles. The van der Waals surface area contributed by atoms with Crippen molar-refractivity contribution in [3.8, 4) is 0 Å². The highest BCUT2D eigenvalue weighted by Gasteiger charge is 2.18. The molecule has 0 heterocycles. The number of rotatable bonds is 4. The molecule has 0 aliphatic carbocycles. The maximum absolute atomic E-state index is 12.1. The van der Waals surface area contributed by atoms with E-state index >= 15 is 0 Å². The monoisotopic (exact) mass is 269 g/mol. The van der Waals surface area contributed by atoms with Gasteiger partial charge in [0.15, 0.2) is 0 Å². The van der Waals surface area contributed by atoms with Crippen LogP contribution >= 0.6 is 11.6 Å². The van der Waals surface area contributed by atoms with E-state index in [1.165, 1.54) is 4.90 Å². The fourth-order valence-electron chi connectivity index (χ4n) is 1.53. The van der Waals surface area contributed by atoms with Crippen molar-refractivity contribution in [1.29, 1.82) is 0 Å². The van der Waals surface area contributed by atoms with Crippen molar-refractivity contribution in [3.63, 3.8) is 0 Å². The van der Waals surface area contributed by atoms with Gasteiger partial charge in [-0.25, -0.2) is 0 Å². The minimum Gasteiger partial charge on any atom is -0.409 e. The van der Waals surface area contributed by atoms with Crippen molar-refractivity contribution in [3.05, 3.63) is 34.9 Å². The van der Waals surface area contributed by atoms with Crippen molar-refractivity contribution in [2.24, 2.45) is 16.8 Å². The van der Waals surface area contributed by atoms with Gasteiger partial charge in [0.05, 0.1) is 10.6 Å². The Kier molecular flexibility index (Phi) is 4.97. The first-order valence-corrected chi connectivity index (χ1v) is 5.82. The van der Waals surface area contributed by atoms with Crippen LogP contribution in [-0.4, -0.2) is 35.4 Å². The van der Waals surface area contributed by atoms with Gasteiger partial charge in [-0.1, -0.05) is 35.8 Å². The van der Waals surface area contributed by atoms with Crippen LogP contribution in [0.5, 0.6) is 0 Å². The zero-order valence-corrected chi connectivity index (χ0v) is 11.1. The summed E-state index contributed by atoms with van der Waals surface area (Å²) in [5.74, 6) is -0.335. The number of nitrogens with two attached hydrogens (primary N) is 1. The second-order valence-electron chi connectivity index (χ2n) is 4.09. The minimum absolute atomic E-state index is 0.0915. The lowest BCUT2D eigenvalue weighted by Crippen LogP contribution is -2.36. The number of nitrogens with zero attached hydrogens (tertiary/aromatic N) is 2. The molecule has 98 valence electrons. The first-order valence-electron chi connectivity index (χ1n) is 5.44. The number of oxime groups is 1. The second-order valence-corrected chi connectivity index (χ2v) is 4.50. The summed E-state index contributed by atoms with van der Waals surface area (Å²) >= 11 is 5.95. The minimum atomic E-state index is -0.230. The topological polar surface area (TPSA) is 78.9 Å². The summed E-state index contributed by atoms with van der Waals surface area (Å²) in [5, 5.41) is 11.9. The lowest BCUT2D eigenvalue weighted by Gasteiger charge is -2.21. The van der Waals surface area contributed by atoms with Crippen LogP contribution in [0.25, 0.3) is 0 Å². The van der Waals surface area contributed by atoms with Gasteiger partial charge < -0.3 is 15.8 Å². The molecule has 1 rings (SSSR count). The van der Waals surface area contributed by atoms with Crippen molar-refractivity contribution in [2.45, 2.75) is 6.92 Å². The number of carbonyl (C=O) groups is 1. The van der Waals surface area contributed by atoms with Crippen LogP contribution in [0, 0.1) is 5.92 Å². The van der Waals surface area contributed by atoms with Crippen LogP contribution in [0.4, 0.5) is 0 Å². The van der Waals surface area contributed by atoms with Gasteiger partial charge >= 0.3 is 0 Å². The molecule has 5 nitrogen and oxygen atoms in total. The summed E-state index contributed by atoms with van der Waals surface area (Å²) in [5.41, 5.74) is 5.91. The van der Waals surface area contributed by atoms with E-state index in [0.717, 1.165) is 0 Å². The molecule has 6 heteroatoms. The molecule has 0 aliphatic rings. The molecule has 0 radical (unpaired) electrons. The zero-order chi connectivity index (χ0) is 13.7. The molecule has 18 heavy (non-hydrogen) atoms. The molecule has 0 aliphatic heterocycles. The largest absolute Gasteiger partial charge is 0.409 e. The van der Waals surface area contributed by atoms with Crippen molar-refractivity contribution < 1.29 is 10.0 Å². The van der Waals surface area contributed by atoms with Crippen molar-refractivity contribution >= 4 is 23.3 Å². The zero-order valence-electron chi connectivity index (χ0n) is 10.3. The Morgan fingerprint density at radius 1 is 1.56 bits per heavy atom. The van der Waals surface area contributed by atoms with Crippen LogP contribution in [0.15, 0.2) is 29.4 Å². The average Bonchev–Trinajstić information content (AvgIpc) is 2.37. The van der Waals surface area contributed by atoms with E-state index in [4.69, 9.17) is 22.5 Å². The van der Waals surface area contributed by atoms with Gasteiger partial charge in [0.25, 0.3) is 5.91 Å². The molecule has 1 amide bonds. The van der Waals surface area contributed by atoms with Gasteiger partial charge in [0.1, 0.15) is 5.84 Å². The van der Waals surface area contributed by atoms with Gasteiger partial charge in [-0.15, -0.1) is 0 Å². The first kappa shape index (κ1) is 14.3. The van der Waals surface area contributed by atoms with E-state index in [2.05, 4.69) is 5.16 Å². The third-order valence-electron chi connectivity index (χ3n) is 2.62. The van der Waals surface area contributed by atoms with Crippen LogP contribution in [-0.2, 0) is 0 Å². The molecule has 0 aromatic heterocycles. The lowest BCUT2D eigenvalue weighted by atomic mass is 10.1. The summed E-state index contributed by atoms with van der Waals surface area (Å²) in [6.07, 6.45) is 0. The SMILES string of the molecule is CC(CN(C)C(=O)c1ccccc1Cl)C(N)=NO. The summed E-state index contributed by atoms with van der Waals surface area (Å²) < 4.78 is 0. The smallest absolute Gasteiger partial charge is 0.255 e. The van der Waals surface area contributed by atoms with Gasteiger partial charge in [-0.05, 0) is 12.1 Å². The molecule has 0 spiro atoms. The Morgan fingerprint density at radius 3 is 2.72 bits per heavy atom. The van der Waals surface area contributed by atoms with E-state index in [1.54, 1.807) is 38.2 Å². The quantitative estimate of drug-likeness (QED) is 0.379. The maximum atomic E-state index is 12.1. The van der Waals surface area contributed by atoms with Crippen LogP contribution in [0.3, 0.4) is 0 Å². The van der Waals surface area contributed by atoms with Crippen molar-refractivity contribution in [1.82, 2.24) is 4.90 Å². The fraction of sp³-hybridized carbons (Fsp3) is 0.333. The summed E-state index contributed by atoms with van der Waals surface area (Å²) in [6.45, 7) is 2.12. The predicted molar refractivity (Wildman–Crippen MR) is 71.0 cm³/mol. The molecular formula is C12H16ClN3O2. The Bertz CT molecular complexity index is 462. The van der Waals surface area contributed by atoms with E-state index in [1.807, 2.05) is 0 Å². The molecule has 3 N–H and O–H groups in total. The standard InChI is InChI=1S/C12H16ClN3O2/c1-8(11(14)15-18)7-16(2)12(17)9-5-3-4-6-10(9)13/h3-6,8,18H,7H2,1-2H3,(H2,14,15). The second kappa shape index (κ2) is 6.26. The molecule has 0 saturated carbocycles.